The Kier molecular flexibility index (Phi) is 11.6. The van der Waals surface area contributed by atoms with E-state index in [0.29, 0.717) is 49.4 Å². The summed E-state index contributed by atoms with van der Waals surface area (Å²) in [5.74, 6) is -2.41. The Morgan fingerprint density at radius 2 is 1.71 bits per heavy atom. The first-order chi connectivity index (χ1) is 21.4. The summed E-state index contributed by atoms with van der Waals surface area (Å²) in [6, 6.07) is 10.7. The number of nitrogens with one attached hydrogen (secondary N) is 2. The highest BCUT2D eigenvalue weighted by atomic mass is 35.5. The molecule has 0 saturated carbocycles. The van der Waals surface area contributed by atoms with Gasteiger partial charge in [-0.2, -0.15) is 4.72 Å². The summed E-state index contributed by atoms with van der Waals surface area (Å²) < 4.78 is 29.0. The van der Waals surface area contributed by atoms with Crippen LogP contribution in [0.25, 0.3) is 0 Å². The predicted octanol–water partition coefficient (Wildman–Crippen LogP) is 1.36. The zero-order valence-corrected chi connectivity index (χ0v) is 27.1. The van der Waals surface area contributed by atoms with E-state index in [4.69, 9.17) is 17.3 Å². The number of halogens is 1. The molecular weight excluding hydrogens is 620 g/mol. The summed E-state index contributed by atoms with van der Waals surface area (Å²) in [6.45, 7) is 2.96. The van der Waals surface area contributed by atoms with Gasteiger partial charge in [0, 0.05) is 57.8 Å². The number of carbonyl (C=O) groups excluding carboxylic acids is 4. The molecule has 0 spiro atoms. The van der Waals surface area contributed by atoms with Gasteiger partial charge in [-0.05, 0) is 54.5 Å². The van der Waals surface area contributed by atoms with Crippen molar-refractivity contribution < 1.29 is 27.6 Å². The van der Waals surface area contributed by atoms with Crippen molar-refractivity contribution in [2.24, 2.45) is 5.73 Å². The fourth-order valence-electron chi connectivity index (χ4n) is 5.90. The molecule has 0 aromatic heterocycles. The van der Waals surface area contributed by atoms with Crippen molar-refractivity contribution in [3.05, 3.63) is 70.2 Å². The summed E-state index contributed by atoms with van der Waals surface area (Å²) in [5, 5.41) is 3.35. The SMILES string of the molecule is CC(=O)N1CCC(N(C)C(=O)C(NS(=O)(=O)Cc2ccccc2)C(=O)N2CCC[C@H]2C(=O)NCc2cc(Cl)ccc2CN)CC1. The topological polar surface area (TPSA) is 162 Å². The van der Waals surface area contributed by atoms with Crippen LogP contribution in [0.4, 0.5) is 0 Å². The lowest BCUT2D eigenvalue weighted by atomic mass is 10.0. The van der Waals surface area contributed by atoms with Crippen LogP contribution in [0.3, 0.4) is 0 Å². The van der Waals surface area contributed by atoms with Gasteiger partial charge in [0.2, 0.25) is 27.7 Å². The molecule has 2 atom stereocenters. The quantitative estimate of drug-likeness (QED) is 0.307. The molecule has 2 saturated heterocycles. The number of rotatable bonds is 11. The Labute approximate surface area is 269 Å². The fourth-order valence-corrected chi connectivity index (χ4v) is 7.37. The van der Waals surface area contributed by atoms with Crippen molar-refractivity contribution >= 4 is 45.3 Å². The van der Waals surface area contributed by atoms with Crippen LogP contribution in [-0.2, 0) is 48.0 Å². The molecule has 2 heterocycles. The van der Waals surface area contributed by atoms with Gasteiger partial charge in [0.15, 0.2) is 6.04 Å². The molecule has 45 heavy (non-hydrogen) atoms. The van der Waals surface area contributed by atoms with Crippen LogP contribution in [0.2, 0.25) is 5.02 Å². The zero-order chi connectivity index (χ0) is 32.7. The van der Waals surface area contributed by atoms with Gasteiger partial charge < -0.3 is 25.8 Å². The lowest BCUT2D eigenvalue weighted by Gasteiger charge is -2.38. The molecule has 2 aromatic rings. The third kappa shape index (κ3) is 8.81. The first-order valence-electron chi connectivity index (χ1n) is 15.0. The van der Waals surface area contributed by atoms with Crippen molar-refractivity contribution in [2.75, 3.05) is 26.7 Å². The number of likely N-dealkylation sites (tertiary alicyclic amines) is 2. The predicted molar refractivity (Wildman–Crippen MR) is 170 cm³/mol. The molecule has 4 amide bonds. The van der Waals surface area contributed by atoms with Crippen LogP contribution >= 0.6 is 11.6 Å². The number of hydrogen-bond acceptors (Lipinski definition) is 7. The van der Waals surface area contributed by atoms with Crippen molar-refractivity contribution in [3.63, 3.8) is 0 Å². The highest BCUT2D eigenvalue weighted by Crippen LogP contribution is 2.23. The molecule has 244 valence electrons. The van der Waals surface area contributed by atoms with Crippen LogP contribution in [0.5, 0.6) is 0 Å². The van der Waals surface area contributed by atoms with Gasteiger partial charge in [-0.25, -0.2) is 8.42 Å². The third-order valence-electron chi connectivity index (χ3n) is 8.48. The Morgan fingerprint density at radius 3 is 2.36 bits per heavy atom. The molecule has 14 heteroatoms. The van der Waals surface area contributed by atoms with Gasteiger partial charge in [0.05, 0.1) is 5.75 Å². The van der Waals surface area contributed by atoms with E-state index in [0.717, 1.165) is 11.1 Å². The van der Waals surface area contributed by atoms with Gasteiger partial charge in [0.1, 0.15) is 6.04 Å². The molecule has 0 bridgehead atoms. The van der Waals surface area contributed by atoms with Crippen LogP contribution in [0, 0.1) is 0 Å². The molecule has 1 unspecified atom stereocenters. The Hall–Kier alpha value is -3.52. The average molecular weight is 661 g/mol. The molecule has 0 aliphatic carbocycles. The van der Waals surface area contributed by atoms with Crippen molar-refractivity contribution in [1.82, 2.24) is 24.7 Å². The molecule has 4 rings (SSSR count). The van der Waals surface area contributed by atoms with Gasteiger partial charge >= 0.3 is 0 Å². The normalized spacial score (nSPS) is 18.0. The maximum absolute atomic E-state index is 14.1. The summed E-state index contributed by atoms with van der Waals surface area (Å²) >= 11 is 6.14. The Balaban J connectivity index is 1.53. The molecule has 2 aliphatic heterocycles. The maximum atomic E-state index is 14.1. The number of hydrogen-bond donors (Lipinski definition) is 3. The first-order valence-corrected chi connectivity index (χ1v) is 17.0. The smallest absolute Gasteiger partial charge is 0.251 e. The number of sulfonamides is 1. The van der Waals surface area contributed by atoms with E-state index in [1.54, 1.807) is 53.4 Å². The average Bonchev–Trinajstić information content (AvgIpc) is 3.52. The van der Waals surface area contributed by atoms with Crippen molar-refractivity contribution in [1.29, 1.82) is 0 Å². The molecule has 2 fully saturated rings. The molecule has 4 N–H and O–H groups in total. The second-order valence-electron chi connectivity index (χ2n) is 11.5. The van der Waals surface area contributed by atoms with Gasteiger partial charge in [-0.15, -0.1) is 0 Å². The summed E-state index contributed by atoms with van der Waals surface area (Å²) in [6.07, 6.45) is 1.84. The largest absolute Gasteiger partial charge is 0.350 e. The monoisotopic (exact) mass is 660 g/mol. The summed E-state index contributed by atoms with van der Waals surface area (Å²) in [7, 11) is -2.62. The second kappa shape index (κ2) is 15.2. The molecular formula is C31H41ClN6O6S. The minimum Gasteiger partial charge on any atom is -0.350 e. The van der Waals surface area contributed by atoms with Crippen LogP contribution < -0.4 is 15.8 Å². The summed E-state index contributed by atoms with van der Waals surface area (Å²) in [4.78, 5) is 57.5. The van der Waals surface area contributed by atoms with Crippen LogP contribution in [-0.4, -0.2) is 91.6 Å². The number of amides is 4. The molecule has 0 radical (unpaired) electrons. The standard InChI is InChI=1S/C31H41ClN6O6S/c1-21(39)37-15-12-26(13-16-37)36(2)30(41)28(35-45(43,44)20-22-7-4-3-5-8-22)31(42)38-14-6-9-27(38)29(40)34-19-24-17-25(32)11-10-23(24)18-33/h3-5,7-8,10-11,17,26-28,35H,6,9,12-16,18-20,33H2,1-2H3,(H,34,40)/t27-,28?/m0/s1. The van der Waals surface area contributed by atoms with Crippen molar-refractivity contribution in [3.8, 4) is 0 Å². The minimum atomic E-state index is -4.16. The molecule has 2 aliphatic rings. The van der Waals surface area contributed by atoms with E-state index in [2.05, 4.69) is 10.0 Å². The third-order valence-corrected chi connectivity index (χ3v) is 10.0. The highest BCUT2D eigenvalue weighted by Gasteiger charge is 2.43. The van der Waals surface area contributed by atoms with E-state index in [1.807, 2.05) is 0 Å². The van der Waals surface area contributed by atoms with Gasteiger partial charge in [-0.3, -0.25) is 19.2 Å². The van der Waals surface area contributed by atoms with E-state index < -0.39 is 45.6 Å². The Morgan fingerprint density at radius 1 is 1.02 bits per heavy atom. The first kappa shape index (κ1) is 34.4. The van der Waals surface area contributed by atoms with Crippen molar-refractivity contribution in [2.45, 2.75) is 69.6 Å². The molecule has 12 nitrogen and oxygen atoms in total. The van der Waals surface area contributed by atoms with Crippen LogP contribution in [0.15, 0.2) is 48.5 Å². The van der Waals surface area contributed by atoms with E-state index in [9.17, 15) is 27.6 Å². The number of carbonyl (C=O) groups is 4. The lowest BCUT2D eigenvalue weighted by molar-refractivity contribution is -0.147. The number of piperidine rings is 1. The van der Waals surface area contributed by atoms with Crippen LogP contribution in [0.1, 0.15) is 49.3 Å². The number of benzene rings is 2. The number of nitrogens with zero attached hydrogens (tertiary/aromatic N) is 3. The lowest BCUT2D eigenvalue weighted by Crippen LogP contribution is -2.60. The molecule has 2 aromatic carbocycles. The highest BCUT2D eigenvalue weighted by molar-refractivity contribution is 7.88. The van der Waals surface area contributed by atoms with E-state index in [1.165, 1.54) is 23.8 Å². The van der Waals surface area contributed by atoms with E-state index in [-0.39, 0.29) is 31.6 Å². The maximum Gasteiger partial charge on any atom is 0.251 e. The fraction of sp³-hybridized carbons (Fsp3) is 0.484. The van der Waals surface area contributed by atoms with E-state index >= 15 is 0 Å². The number of likely N-dealkylation sites (N-methyl/N-ethyl adjacent to an activating group) is 1. The number of nitrogens with two attached hydrogens (primary N) is 1. The van der Waals surface area contributed by atoms with Gasteiger partial charge in [0.25, 0.3) is 5.91 Å². The Bertz CT molecular complexity index is 1500. The zero-order valence-electron chi connectivity index (χ0n) is 25.6. The van der Waals surface area contributed by atoms with Gasteiger partial charge in [-0.1, -0.05) is 48.0 Å². The second-order valence-corrected chi connectivity index (χ2v) is 13.7. The summed E-state index contributed by atoms with van der Waals surface area (Å²) in [5.41, 5.74) is 7.88. The minimum absolute atomic E-state index is 0.0582.